The molecule has 0 aliphatic heterocycles. The number of carbonyl (C=O) groups is 1. The van der Waals surface area contributed by atoms with Crippen LogP contribution in [0.3, 0.4) is 0 Å². The van der Waals surface area contributed by atoms with Crippen LogP contribution in [0.1, 0.15) is 20.8 Å². The summed E-state index contributed by atoms with van der Waals surface area (Å²) in [7, 11) is 0. The number of rotatable bonds is 13. The highest BCUT2D eigenvalue weighted by atomic mass is 32.2. The van der Waals surface area contributed by atoms with E-state index in [1.807, 2.05) is 26.8 Å². The van der Waals surface area contributed by atoms with Crippen LogP contribution < -0.4 is 0 Å². The smallest absolute Gasteiger partial charge is 0.344 e. The van der Waals surface area contributed by atoms with Crippen molar-refractivity contribution in [1.29, 1.82) is 0 Å². The maximum absolute atomic E-state index is 11.6. The van der Waals surface area contributed by atoms with Crippen LogP contribution >= 0.6 is 11.8 Å². The lowest BCUT2D eigenvalue weighted by Gasteiger charge is -2.08. The molecule has 0 radical (unpaired) electrons. The number of hydrogen-bond donors (Lipinski definition) is 0. The van der Waals surface area contributed by atoms with E-state index in [9.17, 15) is 4.79 Å². The van der Waals surface area contributed by atoms with Crippen LogP contribution in [0.4, 0.5) is 0 Å². The first-order valence-corrected chi connectivity index (χ1v) is 7.83. The van der Waals surface area contributed by atoms with Gasteiger partial charge >= 0.3 is 5.97 Å². The van der Waals surface area contributed by atoms with E-state index >= 15 is 0 Å². The molecule has 0 aromatic heterocycles. The lowest BCUT2D eigenvalue weighted by atomic mass is 10.6. The van der Waals surface area contributed by atoms with Gasteiger partial charge in [0, 0.05) is 6.61 Å². The normalized spacial score (nSPS) is 11.5. The lowest BCUT2D eigenvalue weighted by Crippen LogP contribution is -2.14. The summed E-state index contributed by atoms with van der Waals surface area (Å²) in [6.45, 7) is 12.8. The SMILES string of the molecule is C=C(S/C(C)=C\C)C(=O)OCCOCCOCCOCC. The molecule has 0 amide bonds. The van der Waals surface area contributed by atoms with Crippen LogP contribution in [-0.2, 0) is 23.7 Å². The van der Waals surface area contributed by atoms with Gasteiger partial charge in [0.1, 0.15) is 6.61 Å². The Morgan fingerprint density at radius 1 is 1.05 bits per heavy atom. The van der Waals surface area contributed by atoms with Gasteiger partial charge in [-0.25, -0.2) is 4.79 Å². The molecule has 0 atom stereocenters. The molecule has 0 heterocycles. The summed E-state index contributed by atoms with van der Waals surface area (Å²) in [5.41, 5.74) is 0. The molecule has 0 bridgehead atoms. The maximum Gasteiger partial charge on any atom is 0.344 e. The largest absolute Gasteiger partial charge is 0.459 e. The van der Waals surface area contributed by atoms with Gasteiger partial charge in [-0.1, -0.05) is 24.4 Å². The average Bonchev–Trinajstić information content (AvgIpc) is 2.48. The quantitative estimate of drug-likeness (QED) is 0.296. The molecule has 0 aromatic rings. The van der Waals surface area contributed by atoms with Crippen LogP contribution in [0.25, 0.3) is 0 Å². The first-order valence-electron chi connectivity index (χ1n) is 7.01. The number of hydrogen-bond acceptors (Lipinski definition) is 6. The third kappa shape index (κ3) is 12.6. The zero-order chi connectivity index (χ0) is 15.9. The molecule has 122 valence electrons. The van der Waals surface area contributed by atoms with Crippen molar-refractivity contribution in [3.05, 3.63) is 22.5 Å². The van der Waals surface area contributed by atoms with E-state index in [4.69, 9.17) is 18.9 Å². The Hall–Kier alpha value is -0.820. The van der Waals surface area contributed by atoms with Gasteiger partial charge in [0.05, 0.1) is 37.9 Å². The van der Waals surface area contributed by atoms with Gasteiger partial charge in [0.2, 0.25) is 0 Å². The van der Waals surface area contributed by atoms with Crippen molar-refractivity contribution in [3.8, 4) is 0 Å². The van der Waals surface area contributed by atoms with Gasteiger partial charge in [-0.05, 0) is 25.7 Å². The van der Waals surface area contributed by atoms with Crippen molar-refractivity contribution in [2.24, 2.45) is 0 Å². The fraction of sp³-hybridized carbons (Fsp3) is 0.667. The number of carbonyl (C=O) groups excluding carboxylic acids is 1. The minimum Gasteiger partial charge on any atom is -0.459 e. The van der Waals surface area contributed by atoms with E-state index < -0.39 is 5.97 Å². The van der Waals surface area contributed by atoms with Gasteiger partial charge in [0.15, 0.2) is 0 Å². The van der Waals surface area contributed by atoms with E-state index in [-0.39, 0.29) is 6.61 Å². The zero-order valence-electron chi connectivity index (χ0n) is 13.2. The monoisotopic (exact) mass is 318 g/mol. The van der Waals surface area contributed by atoms with E-state index in [1.54, 1.807) is 0 Å². The highest BCUT2D eigenvalue weighted by Crippen LogP contribution is 2.23. The molecule has 0 N–H and O–H groups in total. The van der Waals surface area contributed by atoms with Crippen molar-refractivity contribution in [3.63, 3.8) is 0 Å². The van der Waals surface area contributed by atoms with Crippen LogP contribution in [0.5, 0.6) is 0 Å². The summed E-state index contributed by atoms with van der Waals surface area (Å²) in [5, 5.41) is 0. The highest BCUT2D eigenvalue weighted by Gasteiger charge is 2.09. The summed E-state index contributed by atoms with van der Waals surface area (Å²) in [6.07, 6.45) is 1.91. The fourth-order valence-corrected chi connectivity index (χ4v) is 1.80. The third-order valence-electron chi connectivity index (χ3n) is 2.33. The van der Waals surface area contributed by atoms with Gasteiger partial charge in [0.25, 0.3) is 0 Å². The van der Waals surface area contributed by atoms with Crippen molar-refractivity contribution in [2.75, 3.05) is 46.2 Å². The van der Waals surface area contributed by atoms with E-state index in [2.05, 4.69) is 6.58 Å². The topological polar surface area (TPSA) is 54.0 Å². The summed E-state index contributed by atoms with van der Waals surface area (Å²) >= 11 is 1.31. The second-order valence-electron chi connectivity index (χ2n) is 3.98. The Balaban J connectivity index is 3.42. The van der Waals surface area contributed by atoms with Gasteiger partial charge in [-0.2, -0.15) is 0 Å². The van der Waals surface area contributed by atoms with Crippen LogP contribution in [0, 0.1) is 0 Å². The Bertz CT molecular complexity index is 328. The average molecular weight is 318 g/mol. The number of ether oxygens (including phenoxy) is 4. The minimum atomic E-state index is -0.405. The van der Waals surface area contributed by atoms with Crippen molar-refractivity contribution in [1.82, 2.24) is 0 Å². The predicted octanol–water partition coefficient (Wildman–Crippen LogP) is 2.77. The minimum absolute atomic E-state index is 0.215. The Morgan fingerprint density at radius 3 is 2.10 bits per heavy atom. The molecule has 0 saturated carbocycles. The van der Waals surface area contributed by atoms with Gasteiger partial charge in [-0.3, -0.25) is 0 Å². The third-order valence-corrected chi connectivity index (χ3v) is 3.30. The molecule has 0 unspecified atom stereocenters. The van der Waals surface area contributed by atoms with Gasteiger partial charge in [-0.15, -0.1) is 0 Å². The van der Waals surface area contributed by atoms with Crippen LogP contribution in [0.2, 0.25) is 0 Å². The second kappa shape index (κ2) is 14.1. The molecular weight excluding hydrogens is 292 g/mol. The Kier molecular flexibility index (Phi) is 13.6. The maximum atomic E-state index is 11.6. The zero-order valence-corrected chi connectivity index (χ0v) is 14.0. The summed E-state index contributed by atoms with van der Waals surface area (Å²) in [6, 6.07) is 0. The molecule has 21 heavy (non-hydrogen) atoms. The van der Waals surface area contributed by atoms with E-state index in [1.165, 1.54) is 11.8 Å². The van der Waals surface area contributed by atoms with Gasteiger partial charge < -0.3 is 18.9 Å². The first-order chi connectivity index (χ1) is 10.1. The van der Waals surface area contributed by atoms with Crippen molar-refractivity contribution >= 4 is 17.7 Å². The molecule has 0 spiro atoms. The summed E-state index contributed by atoms with van der Waals surface area (Å²) in [5.74, 6) is -0.405. The Morgan fingerprint density at radius 2 is 1.57 bits per heavy atom. The molecule has 0 saturated heterocycles. The fourth-order valence-electron chi connectivity index (χ4n) is 1.15. The van der Waals surface area contributed by atoms with Crippen molar-refractivity contribution in [2.45, 2.75) is 20.8 Å². The lowest BCUT2D eigenvalue weighted by molar-refractivity contribution is -0.139. The summed E-state index contributed by atoms with van der Waals surface area (Å²) in [4.78, 5) is 13.0. The predicted molar refractivity (Wildman–Crippen MR) is 85.3 cm³/mol. The molecule has 5 nitrogen and oxygen atoms in total. The molecule has 6 heteroatoms. The van der Waals surface area contributed by atoms with Crippen LogP contribution in [0.15, 0.2) is 22.5 Å². The molecule has 0 rings (SSSR count). The molecule has 0 aromatic carbocycles. The molecule has 0 aliphatic carbocycles. The molecule has 0 aliphatic rings. The highest BCUT2D eigenvalue weighted by molar-refractivity contribution is 8.07. The summed E-state index contributed by atoms with van der Waals surface area (Å²) < 4.78 is 20.7. The number of allylic oxidation sites excluding steroid dienone is 2. The van der Waals surface area contributed by atoms with E-state index in [0.717, 1.165) is 4.91 Å². The number of thioether (sulfide) groups is 1. The standard InChI is InChI=1S/C15H26O5S/c1-5-13(3)21-14(4)15(16)20-12-11-19-10-9-18-8-7-17-6-2/h5H,4,6-12H2,1-3H3/b13-5-. The number of esters is 1. The second-order valence-corrected chi connectivity index (χ2v) is 5.32. The van der Waals surface area contributed by atoms with Crippen molar-refractivity contribution < 1.29 is 23.7 Å². The van der Waals surface area contributed by atoms with E-state index in [0.29, 0.717) is 44.5 Å². The molecule has 0 fully saturated rings. The molecular formula is C15H26O5S. The first kappa shape index (κ1) is 20.2. The Labute approximate surface area is 131 Å². The van der Waals surface area contributed by atoms with Crippen LogP contribution in [-0.4, -0.2) is 52.2 Å².